The molecule has 2 rings (SSSR count). The molecule has 2 aromatic rings. The standard InChI is InChI=1S/C18H15ClN2O2S/c1-23-16-10-12(7-8-17(16)24-2)9-13(11-20)18(22)21-15-6-4-3-5-14(15)19/h3-10H,1-2H3,(H,21,22). The normalized spacial score (nSPS) is 10.8. The van der Waals surface area contributed by atoms with Crippen LogP contribution in [0.25, 0.3) is 6.08 Å². The number of hydrogen-bond donors (Lipinski definition) is 1. The molecule has 0 aliphatic heterocycles. The molecular formula is C18H15ClN2O2S. The van der Waals surface area contributed by atoms with Gasteiger partial charge in [-0.2, -0.15) is 5.26 Å². The number of para-hydroxylation sites is 1. The van der Waals surface area contributed by atoms with Crippen LogP contribution in [0.1, 0.15) is 5.56 Å². The van der Waals surface area contributed by atoms with Crippen LogP contribution in [0.15, 0.2) is 52.9 Å². The zero-order valence-electron chi connectivity index (χ0n) is 13.2. The van der Waals surface area contributed by atoms with Gasteiger partial charge in [0.2, 0.25) is 0 Å². The topological polar surface area (TPSA) is 62.1 Å². The minimum absolute atomic E-state index is 0.0196. The van der Waals surface area contributed by atoms with Gasteiger partial charge in [-0.05, 0) is 42.2 Å². The highest BCUT2D eigenvalue weighted by molar-refractivity contribution is 7.98. The quantitative estimate of drug-likeness (QED) is 0.481. The van der Waals surface area contributed by atoms with Crippen LogP contribution in [0.5, 0.6) is 5.75 Å². The van der Waals surface area contributed by atoms with Crippen LogP contribution in [-0.2, 0) is 4.79 Å². The van der Waals surface area contributed by atoms with E-state index in [9.17, 15) is 10.1 Å². The van der Waals surface area contributed by atoms with Gasteiger partial charge in [-0.25, -0.2) is 0 Å². The fourth-order valence-electron chi connectivity index (χ4n) is 2.01. The number of halogens is 1. The lowest BCUT2D eigenvalue weighted by Crippen LogP contribution is -2.13. The maximum Gasteiger partial charge on any atom is 0.266 e. The number of ether oxygens (including phenoxy) is 1. The molecule has 0 unspecified atom stereocenters. The number of carbonyl (C=O) groups excluding carboxylic acids is 1. The molecule has 0 spiro atoms. The Bertz CT molecular complexity index is 828. The van der Waals surface area contributed by atoms with E-state index in [0.29, 0.717) is 22.0 Å². The van der Waals surface area contributed by atoms with Crippen LogP contribution in [0, 0.1) is 11.3 Å². The lowest BCUT2D eigenvalue weighted by Gasteiger charge is -2.08. The number of methoxy groups -OCH3 is 1. The van der Waals surface area contributed by atoms with Crippen LogP contribution in [0.2, 0.25) is 5.02 Å². The molecule has 0 bridgehead atoms. The van der Waals surface area contributed by atoms with Crippen LogP contribution in [-0.4, -0.2) is 19.3 Å². The molecule has 1 N–H and O–H groups in total. The number of amides is 1. The van der Waals surface area contributed by atoms with E-state index in [0.717, 1.165) is 4.90 Å². The highest BCUT2D eigenvalue weighted by atomic mass is 35.5. The van der Waals surface area contributed by atoms with Crippen molar-refractivity contribution < 1.29 is 9.53 Å². The van der Waals surface area contributed by atoms with Gasteiger partial charge in [-0.1, -0.05) is 29.8 Å². The van der Waals surface area contributed by atoms with Crippen LogP contribution < -0.4 is 10.1 Å². The molecule has 4 nitrogen and oxygen atoms in total. The van der Waals surface area contributed by atoms with Gasteiger partial charge in [-0.15, -0.1) is 11.8 Å². The third kappa shape index (κ3) is 4.31. The van der Waals surface area contributed by atoms with Crippen molar-refractivity contribution in [1.82, 2.24) is 0 Å². The zero-order chi connectivity index (χ0) is 17.5. The number of nitrogens with one attached hydrogen (secondary N) is 1. The van der Waals surface area contributed by atoms with Gasteiger partial charge in [0.15, 0.2) is 0 Å². The molecular weight excluding hydrogens is 344 g/mol. The van der Waals surface area contributed by atoms with Gasteiger partial charge >= 0.3 is 0 Å². The van der Waals surface area contributed by atoms with E-state index in [1.165, 1.54) is 6.08 Å². The summed E-state index contributed by atoms with van der Waals surface area (Å²) in [5.41, 5.74) is 1.14. The zero-order valence-corrected chi connectivity index (χ0v) is 14.7. The second-order valence-corrected chi connectivity index (χ2v) is 5.97. The van der Waals surface area contributed by atoms with Gasteiger partial charge in [0.05, 0.1) is 17.8 Å². The molecule has 24 heavy (non-hydrogen) atoms. The summed E-state index contributed by atoms with van der Waals surface area (Å²) in [6.07, 6.45) is 3.46. The monoisotopic (exact) mass is 358 g/mol. The average Bonchev–Trinajstić information content (AvgIpc) is 2.61. The summed E-state index contributed by atoms with van der Waals surface area (Å²) in [5.74, 6) is 0.179. The van der Waals surface area contributed by atoms with E-state index in [1.807, 2.05) is 24.5 Å². The molecule has 0 fully saturated rings. The molecule has 0 aromatic heterocycles. The summed E-state index contributed by atoms with van der Waals surface area (Å²) in [4.78, 5) is 13.3. The van der Waals surface area contributed by atoms with Crippen LogP contribution in [0.3, 0.4) is 0 Å². The fraction of sp³-hybridized carbons (Fsp3) is 0.111. The van der Waals surface area contributed by atoms with E-state index in [1.54, 1.807) is 49.2 Å². The molecule has 0 aliphatic rings. The van der Waals surface area contributed by atoms with Crippen molar-refractivity contribution in [2.24, 2.45) is 0 Å². The Morgan fingerprint density at radius 2 is 2.08 bits per heavy atom. The number of anilines is 1. The lowest BCUT2D eigenvalue weighted by atomic mass is 10.1. The third-order valence-corrected chi connectivity index (χ3v) is 4.31. The first kappa shape index (κ1) is 17.9. The van der Waals surface area contributed by atoms with Crippen LogP contribution in [0.4, 0.5) is 5.69 Å². The number of hydrogen-bond acceptors (Lipinski definition) is 4. The predicted octanol–water partition coefficient (Wildman–Crippen LogP) is 4.62. The first-order valence-electron chi connectivity index (χ1n) is 6.98. The Hall–Kier alpha value is -2.42. The molecule has 1 amide bonds. The molecule has 0 saturated carbocycles. The van der Waals surface area contributed by atoms with Crippen molar-refractivity contribution in [2.75, 3.05) is 18.7 Å². The van der Waals surface area contributed by atoms with E-state index < -0.39 is 5.91 Å². The van der Waals surface area contributed by atoms with Crippen LogP contribution >= 0.6 is 23.4 Å². The molecule has 6 heteroatoms. The van der Waals surface area contributed by atoms with Crippen molar-refractivity contribution >= 4 is 41.0 Å². The Labute approximate surface area is 150 Å². The van der Waals surface area contributed by atoms with Crippen molar-refractivity contribution in [3.05, 3.63) is 58.6 Å². The van der Waals surface area contributed by atoms with Crippen molar-refractivity contribution in [1.29, 1.82) is 5.26 Å². The Kier molecular flexibility index (Phi) is 6.30. The fourth-order valence-corrected chi connectivity index (χ4v) is 2.74. The Morgan fingerprint density at radius 3 is 2.71 bits per heavy atom. The maximum atomic E-state index is 12.3. The van der Waals surface area contributed by atoms with Gasteiger partial charge in [0.1, 0.15) is 17.4 Å². The summed E-state index contributed by atoms with van der Waals surface area (Å²) in [5, 5.41) is 12.3. The van der Waals surface area contributed by atoms with Gasteiger partial charge in [0.25, 0.3) is 5.91 Å². The molecule has 0 radical (unpaired) electrons. The molecule has 0 atom stereocenters. The Balaban J connectivity index is 2.27. The van der Waals surface area contributed by atoms with E-state index >= 15 is 0 Å². The van der Waals surface area contributed by atoms with E-state index in [2.05, 4.69) is 5.32 Å². The number of benzene rings is 2. The van der Waals surface area contributed by atoms with E-state index in [4.69, 9.17) is 16.3 Å². The average molecular weight is 359 g/mol. The maximum absolute atomic E-state index is 12.3. The lowest BCUT2D eigenvalue weighted by molar-refractivity contribution is -0.112. The van der Waals surface area contributed by atoms with Crippen molar-refractivity contribution in [3.63, 3.8) is 0 Å². The highest BCUT2D eigenvalue weighted by Gasteiger charge is 2.12. The largest absolute Gasteiger partial charge is 0.496 e. The summed E-state index contributed by atoms with van der Waals surface area (Å²) in [7, 11) is 1.58. The summed E-state index contributed by atoms with van der Waals surface area (Å²) in [6.45, 7) is 0. The van der Waals surface area contributed by atoms with Crippen molar-refractivity contribution in [2.45, 2.75) is 4.90 Å². The summed E-state index contributed by atoms with van der Waals surface area (Å²) in [6, 6.07) is 14.3. The van der Waals surface area contributed by atoms with Gasteiger partial charge in [-0.3, -0.25) is 4.79 Å². The first-order valence-corrected chi connectivity index (χ1v) is 8.59. The first-order chi connectivity index (χ1) is 11.6. The number of nitrogens with zero attached hydrogens (tertiary/aromatic N) is 1. The molecule has 2 aromatic carbocycles. The predicted molar refractivity (Wildman–Crippen MR) is 98.4 cm³/mol. The second-order valence-electron chi connectivity index (χ2n) is 4.72. The van der Waals surface area contributed by atoms with E-state index in [-0.39, 0.29) is 5.57 Å². The highest BCUT2D eigenvalue weighted by Crippen LogP contribution is 2.29. The molecule has 122 valence electrons. The van der Waals surface area contributed by atoms with Gasteiger partial charge < -0.3 is 10.1 Å². The summed E-state index contributed by atoms with van der Waals surface area (Å²) >= 11 is 7.57. The van der Waals surface area contributed by atoms with Crippen molar-refractivity contribution in [3.8, 4) is 11.8 Å². The third-order valence-electron chi connectivity index (χ3n) is 3.21. The number of carbonyl (C=O) groups is 1. The number of nitriles is 1. The molecule has 0 saturated heterocycles. The minimum atomic E-state index is -0.515. The minimum Gasteiger partial charge on any atom is -0.496 e. The smallest absolute Gasteiger partial charge is 0.266 e. The number of rotatable bonds is 5. The molecule has 0 heterocycles. The number of thioether (sulfide) groups is 1. The SMILES string of the molecule is COc1cc(C=C(C#N)C(=O)Nc2ccccc2Cl)ccc1SC. The van der Waals surface area contributed by atoms with Gasteiger partial charge in [0, 0.05) is 4.90 Å². The Morgan fingerprint density at radius 1 is 1.33 bits per heavy atom. The second kappa shape index (κ2) is 8.44. The molecule has 0 aliphatic carbocycles. The summed E-state index contributed by atoms with van der Waals surface area (Å²) < 4.78 is 5.31.